The summed E-state index contributed by atoms with van der Waals surface area (Å²) in [4.78, 5) is 4.85. The minimum atomic E-state index is 1.12. The van der Waals surface area contributed by atoms with Crippen molar-refractivity contribution in [2.75, 3.05) is 38.1 Å². The summed E-state index contributed by atoms with van der Waals surface area (Å²) in [6.45, 7) is 6.64. The minimum Gasteiger partial charge on any atom is -0.369 e. The zero-order valence-corrected chi connectivity index (χ0v) is 20.0. The molecule has 1 aromatic heterocycles. The number of rotatable bonds is 3. The molecule has 0 unspecified atom stereocenters. The minimum absolute atomic E-state index is 1.12. The average Bonchev–Trinajstić information content (AvgIpc) is 2.85. The Morgan fingerprint density at radius 3 is 1.97 bits per heavy atom. The predicted octanol–water partition coefficient (Wildman–Crippen LogP) is 5.58. The van der Waals surface area contributed by atoms with E-state index in [1.165, 1.54) is 33.2 Å². The van der Waals surface area contributed by atoms with Gasteiger partial charge in [0.2, 0.25) is 0 Å². The number of hydrogen-bond donors (Lipinski definition) is 0. The number of likely N-dealkylation sites (N-methyl/N-ethyl adjacent to an activating group) is 1. The molecule has 5 rings (SSSR count). The number of aromatic nitrogens is 1. The molecule has 0 bridgehead atoms. The van der Waals surface area contributed by atoms with Gasteiger partial charge in [0.15, 0.2) is 12.4 Å². The van der Waals surface area contributed by atoms with E-state index in [9.17, 15) is 0 Å². The zero-order chi connectivity index (χ0) is 23.0. The Balaban J connectivity index is 0.000000196. The van der Waals surface area contributed by atoms with E-state index in [2.05, 4.69) is 127 Å². The lowest BCUT2D eigenvalue weighted by atomic mass is 10.1. The number of benzene rings is 3. The van der Waals surface area contributed by atoms with Gasteiger partial charge in [0.05, 0.1) is 0 Å². The third-order valence-electron chi connectivity index (χ3n) is 6.14. The molecule has 0 atom stereocenters. The fraction of sp³-hybridized carbons (Fsp3) is 0.233. The topological polar surface area (TPSA) is 10.4 Å². The van der Waals surface area contributed by atoms with Gasteiger partial charge in [-0.3, -0.25) is 0 Å². The molecule has 3 nitrogen and oxygen atoms in total. The van der Waals surface area contributed by atoms with Crippen molar-refractivity contribution in [2.24, 2.45) is 7.05 Å². The Labute approximate surface area is 198 Å². The van der Waals surface area contributed by atoms with Crippen LogP contribution in [-0.4, -0.2) is 38.1 Å². The first-order chi connectivity index (χ1) is 16.1. The van der Waals surface area contributed by atoms with E-state index >= 15 is 0 Å². The van der Waals surface area contributed by atoms with Crippen molar-refractivity contribution in [3.63, 3.8) is 0 Å². The van der Waals surface area contributed by atoms with Crippen molar-refractivity contribution in [1.82, 2.24) is 4.90 Å². The smallest absolute Gasteiger partial charge is 0.169 e. The molecule has 168 valence electrons. The number of hydrogen-bond acceptors (Lipinski definition) is 2. The highest BCUT2D eigenvalue weighted by molar-refractivity contribution is 5.82. The number of nitrogens with zero attached hydrogens (tertiary/aromatic N) is 3. The lowest BCUT2D eigenvalue weighted by Crippen LogP contribution is -2.44. The van der Waals surface area contributed by atoms with Gasteiger partial charge >= 0.3 is 0 Å². The maximum absolute atomic E-state index is 2.46. The van der Waals surface area contributed by atoms with E-state index in [-0.39, 0.29) is 0 Å². The molecule has 2 heterocycles. The monoisotopic (exact) mass is 436 g/mol. The van der Waals surface area contributed by atoms with Crippen molar-refractivity contribution in [2.45, 2.75) is 6.92 Å². The van der Waals surface area contributed by atoms with E-state index in [1.54, 1.807) is 0 Å². The summed E-state index contributed by atoms with van der Waals surface area (Å²) in [6, 6.07) is 28.0. The van der Waals surface area contributed by atoms with Crippen molar-refractivity contribution in [3.05, 3.63) is 108 Å². The molecular weight excluding hydrogens is 402 g/mol. The highest BCUT2D eigenvalue weighted by atomic mass is 15.2. The second-order valence-corrected chi connectivity index (χ2v) is 8.86. The molecule has 33 heavy (non-hydrogen) atoms. The summed E-state index contributed by atoms with van der Waals surface area (Å²) >= 11 is 0. The summed E-state index contributed by atoms with van der Waals surface area (Å²) in [5.41, 5.74) is 5.12. The molecule has 1 saturated heterocycles. The Morgan fingerprint density at radius 2 is 1.30 bits per heavy atom. The van der Waals surface area contributed by atoms with Crippen molar-refractivity contribution >= 4 is 28.6 Å². The molecule has 0 radical (unpaired) electrons. The number of pyridine rings is 1. The van der Waals surface area contributed by atoms with Crippen LogP contribution < -0.4 is 9.47 Å². The van der Waals surface area contributed by atoms with Gasteiger partial charge < -0.3 is 9.80 Å². The van der Waals surface area contributed by atoms with Gasteiger partial charge in [-0.25, -0.2) is 4.57 Å². The van der Waals surface area contributed by atoms with Crippen LogP contribution in [0.5, 0.6) is 0 Å². The second kappa shape index (κ2) is 10.9. The second-order valence-electron chi connectivity index (χ2n) is 8.86. The van der Waals surface area contributed by atoms with Crippen LogP contribution in [0.3, 0.4) is 0 Å². The molecular formula is C30H34N3+. The highest BCUT2D eigenvalue weighted by Gasteiger charge is 2.13. The summed E-state index contributed by atoms with van der Waals surface area (Å²) in [6.07, 6.45) is 8.46. The van der Waals surface area contributed by atoms with Crippen LogP contribution in [0.15, 0.2) is 91.3 Å². The average molecular weight is 437 g/mol. The quantitative estimate of drug-likeness (QED) is 0.388. The molecule has 0 spiro atoms. The first-order valence-corrected chi connectivity index (χ1v) is 11.7. The molecule has 0 saturated carbocycles. The lowest BCUT2D eigenvalue weighted by Gasteiger charge is -2.34. The molecule has 0 N–H and O–H groups in total. The van der Waals surface area contributed by atoms with Gasteiger partial charge in [-0.15, -0.1) is 0 Å². The molecule has 3 aromatic carbocycles. The number of fused-ring (bicyclic) bond motifs is 1. The third-order valence-corrected chi connectivity index (χ3v) is 6.14. The van der Waals surface area contributed by atoms with Crippen molar-refractivity contribution < 1.29 is 4.57 Å². The molecule has 1 fully saturated rings. The van der Waals surface area contributed by atoms with E-state index < -0.39 is 0 Å². The first-order valence-electron chi connectivity index (χ1n) is 11.7. The summed E-state index contributed by atoms with van der Waals surface area (Å²) < 4.78 is 2.04. The van der Waals surface area contributed by atoms with Gasteiger partial charge in [0, 0.05) is 44.0 Å². The zero-order valence-electron chi connectivity index (χ0n) is 20.0. The molecule has 0 aliphatic carbocycles. The Morgan fingerprint density at radius 1 is 0.697 bits per heavy atom. The summed E-state index contributed by atoms with van der Waals surface area (Å²) in [5.74, 6) is 0. The predicted molar refractivity (Wildman–Crippen MR) is 141 cm³/mol. The van der Waals surface area contributed by atoms with Gasteiger partial charge in [0.1, 0.15) is 7.05 Å². The van der Waals surface area contributed by atoms with E-state index in [4.69, 9.17) is 0 Å². The van der Waals surface area contributed by atoms with Crippen LogP contribution in [0.1, 0.15) is 16.7 Å². The summed E-state index contributed by atoms with van der Waals surface area (Å²) in [5, 5.41) is 2.64. The fourth-order valence-corrected chi connectivity index (χ4v) is 3.99. The highest BCUT2D eigenvalue weighted by Crippen LogP contribution is 2.18. The standard InChI is InChI=1S/C19H24N3.C11H10/c1-20-11-9-18(10-12-20)4-3-17-5-7-19(8-6-17)22-15-13-21(2)14-16-22;1-9-6-7-10-4-2-3-5-11(10)8-9/h3-12H,13-16H2,1-2H3;2-8H,1H3/q+1;. The first kappa shape index (κ1) is 22.8. The molecule has 0 amide bonds. The van der Waals surface area contributed by atoms with Crippen LogP contribution in [0.2, 0.25) is 0 Å². The van der Waals surface area contributed by atoms with E-state index in [0.29, 0.717) is 0 Å². The van der Waals surface area contributed by atoms with Crippen molar-refractivity contribution in [1.29, 1.82) is 0 Å². The molecule has 1 aliphatic heterocycles. The molecule has 1 aliphatic rings. The van der Waals surface area contributed by atoms with Crippen LogP contribution in [0.25, 0.3) is 22.9 Å². The SMILES string of the molecule is CN1CCN(c2ccc(/C=C/c3cc[n+](C)cc3)cc2)CC1.Cc1ccc2ccccc2c1. The van der Waals surface area contributed by atoms with Gasteiger partial charge in [-0.2, -0.15) is 0 Å². The van der Waals surface area contributed by atoms with Crippen LogP contribution in [0, 0.1) is 6.92 Å². The van der Waals surface area contributed by atoms with Gasteiger partial charge in [0.25, 0.3) is 0 Å². The Bertz CT molecular complexity index is 1190. The summed E-state index contributed by atoms with van der Waals surface area (Å²) in [7, 11) is 4.22. The van der Waals surface area contributed by atoms with Crippen LogP contribution in [0.4, 0.5) is 5.69 Å². The number of anilines is 1. The fourth-order valence-electron chi connectivity index (χ4n) is 3.99. The maximum atomic E-state index is 2.46. The number of piperazine rings is 1. The van der Waals surface area contributed by atoms with E-state index in [1.807, 2.05) is 11.6 Å². The van der Waals surface area contributed by atoms with Crippen LogP contribution in [-0.2, 0) is 7.05 Å². The Kier molecular flexibility index (Phi) is 7.54. The number of aryl methyl sites for hydroxylation is 2. The normalized spacial score (nSPS) is 14.3. The van der Waals surface area contributed by atoms with Crippen molar-refractivity contribution in [3.8, 4) is 0 Å². The lowest BCUT2D eigenvalue weighted by molar-refractivity contribution is -0.671. The largest absolute Gasteiger partial charge is 0.369 e. The van der Waals surface area contributed by atoms with Crippen LogP contribution >= 0.6 is 0 Å². The Hall–Kier alpha value is -3.43. The molecule has 3 heteroatoms. The van der Waals surface area contributed by atoms with Gasteiger partial charge in [-0.1, -0.05) is 72.3 Å². The molecule has 4 aromatic rings. The maximum Gasteiger partial charge on any atom is 0.169 e. The third kappa shape index (κ3) is 6.53. The van der Waals surface area contributed by atoms with E-state index in [0.717, 1.165) is 26.2 Å². The van der Waals surface area contributed by atoms with Gasteiger partial charge in [-0.05, 0) is 48.0 Å².